The topological polar surface area (TPSA) is 117 Å². The van der Waals surface area contributed by atoms with Crippen LogP contribution in [-0.2, 0) is 31.6 Å². The molecule has 8 fully saturated rings. The summed E-state index contributed by atoms with van der Waals surface area (Å²) in [5, 5.41) is 30.5. The van der Waals surface area contributed by atoms with Crippen LogP contribution in [-0.4, -0.2) is 106 Å². The van der Waals surface area contributed by atoms with E-state index in [1.165, 1.54) is 48.1 Å². The molecule has 2 aromatic rings. The first-order chi connectivity index (χ1) is 21.8. The van der Waals surface area contributed by atoms with Crippen molar-refractivity contribution in [2.24, 2.45) is 0 Å². The lowest BCUT2D eigenvalue weighted by Crippen LogP contribution is -2.77. The monoisotopic (exact) mass is 693 g/mol. The number of fused-ring (bicyclic) bond motifs is 11. The number of carbonyl (C=O) groups is 3. The second-order valence-electron chi connectivity index (χ2n) is 13.9. The highest BCUT2D eigenvalue weighted by Crippen LogP contribution is 2.79. The highest BCUT2D eigenvalue weighted by atomic mass is 33.1. The molecule has 2 aromatic carbocycles. The van der Waals surface area contributed by atoms with Gasteiger partial charge in [-0.1, -0.05) is 81.4 Å². The number of rotatable bonds is 1. The summed E-state index contributed by atoms with van der Waals surface area (Å²) in [6, 6.07) is 14.9. The number of aliphatic hydroxyl groups excluding tert-OH is 2. The molecule has 3 unspecified atom stereocenters. The molecule has 4 bridgehead atoms. The quantitative estimate of drug-likeness (QED) is 0.383. The van der Waals surface area contributed by atoms with Gasteiger partial charge in [-0.05, 0) is 53.8 Å². The number of nitrogens with zero attached hydrogens (tertiary/aromatic N) is 4. The first-order valence-corrected chi connectivity index (χ1v) is 19.6. The van der Waals surface area contributed by atoms with Crippen molar-refractivity contribution in [3.63, 3.8) is 0 Å². The van der Waals surface area contributed by atoms with Crippen molar-refractivity contribution in [1.29, 1.82) is 0 Å². The van der Waals surface area contributed by atoms with Gasteiger partial charge in [-0.25, -0.2) is 0 Å². The molecule has 9 heterocycles. The highest BCUT2D eigenvalue weighted by molar-refractivity contribution is 8.78. The van der Waals surface area contributed by atoms with Gasteiger partial charge in [0.25, 0.3) is 17.7 Å². The minimum absolute atomic E-state index is 0.162. The number of benzene rings is 2. The molecule has 10 aliphatic rings. The number of amides is 3. The number of carbonyl (C=O) groups excluding carboxylic acids is 3. The van der Waals surface area contributed by atoms with Crippen LogP contribution >= 0.6 is 43.2 Å². The van der Waals surface area contributed by atoms with Crippen LogP contribution in [0, 0.1) is 0 Å². The lowest BCUT2D eigenvalue weighted by molar-refractivity contribution is -0.166. The molecule has 8 saturated heterocycles. The molecule has 3 N–H and O–H groups in total. The van der Waals surface area contributed by atoms with E-state index in [1.54, 1.807) is 23.8 Å². The predicted molar refractivity (Wildman–Crippen MR) is 179 cm³/mol. The summed E-state index contributed by atoms with van der Waals surface area (Å²) < 4.78 is 0. The number of hydrogen-bond acceptors (Lipinski definition) is 11. The lowest BCUT2D eigenvalue weighted by atomic mass is 9.51. The standard InChI is InChI=1S/C32H31N5O5S4/c1-15-31-22(39)30(18-12-8-9-13-19(18)33-23(30)37(31)25(41)27(2,34(15)4)43-45-31)29-17-11-7-6-10-16(17)14-20(29)36-24(40)28(3)35(5)26(42)32(36,21(29)38)46-44-28/h6-13,20-23,33,38-39H,1,14H2,2-5H3/t20?,21-,22-,23?,27+,28+,29-,30?,31+,32-/m0/s1. The average molecular weight is 694 g/mol. The van der Waals surface area contributed by atoms with Crippen LogP contribution in [0.15, 0.2) is 60.8 Å². The molecule has 1 aliphatic carbocycles. The normalized spacial score (nSPS) is 47.2. The number of anilines is 1. The Hall–Kier alpha value is -2.49. The molecule has 238 valence electrons. The maximum absolute atomic E-state index is 14.8. The summed E-state index contributed by atoms with van der Waals surface area (Å²) in [4.78, 5) is 45.9. The Labute approximate surface area is 281 Å². The SMILES string of the molecule is C=C1N(C)[C@]2(C)SS[C@@]13[C@@H](O)C1([C@@]45c6ccccc6CC4N4C(=O)[C@@]6(C)SS[C@]4(C(=O)N6C)[C@H]5O)c4ccccc4NC1N3C2=O. The first-order valence-electron chi connectivity index (χ1n) is 15.3. The van der Waals surface area contributed by atoms with Crippen molar-refractivity contribution in [2.75, 3.05) is 19.4 Å². The zero-order chi connectivity index (χ0) is 32.1. The Balaban J connectivity index is 1.36. The fourth-order valence-corrected chi connectivity index (χ4v) is 17.6. The van der Waals surface area contributed by atoms with Crippen LogP contribution < -0.4 is 5.32 Å². The fourth-order valence-electron chi connectivity index (χ4n) is 10.4. The van der Waals surface area contributed by atoms with E-state index < -0.39 is 54.7 Å². The van der Waals surface area contributed by atoms with E-state index in [1.807, 2.05) is 67.4 Å². The number of para-hydroxylation sites is 1. The first kappa shape index (κ1) is 28.5. The summed E-state index contributed by atoms with van der Waals surface area (Å²) in [7, 11) is 8.90. The number of hydrogen-bond donors (Lipinski definition) is 3. The van der Waals surface area contributed by atoms with Gasteiger partial charge in [0.1, 0.15) is 18.4 Å². The van der Waals surface area contributed by atoms with Gasteiger partial charge >= 0.3 is 0 Å². The molecule has 0 aromatic heterocycles. The zero-order valence-corrected chi connectivity index (χ0v) is 28.6. The maximum atomic E-state index is 14.8. The highest BCUT2D eigenvalue weighted by Gasteiger charge is 2.91. The Kier molecular flexibility index (Phi) is 4.98. The Morgan fingerprint density at radius 3 is 2.09 bits per heavy atom. The van der Waals surface area contributed by atoms with Crippen LogP contribution in [0.3, 0.4) is 0 Å². The van der Waals surface area contributed by atoms with E-state index in [2.05, 4.69) is 11.9 Å². The van der Waals surface area contributed by atoms with Crippen LogP contribution in [0.5, 0.6) is 0 Å². The second-order valence-corrected chi connectivity index (χ2v) is 19.4. The summed E-state index contributed by atoms with van der Waals surface area (Å²) >= 11 is 0. The molecule has 10 atom stereocenters. The third kappa shape index (κ3) is 2.34. The van der Waals surface area contributed by atoms with E-state index in [-0.39, 0.29) is 17.7 Å². The molecule has 12 rings (SSSR count). The van der Waals surface area contributed by atoms with Crippen molar-refractivity contribution in [2.45, 2.75) is 75.0 Å². The number of likely N-dealkylation sites (N-methyl/N-ethyl adjacent to an activating group) is 2. The molecular formula is C32H31N5O5S4. The average Bonchev–Trinajstić information content (AvgIpc) is 3.70. The van der Waals surface area contributed by atoms with Gasteiger partial charge < -0.3 is 30.2 Å². The molecule has 9 aliphatic heterocycles. The van der Waals surface area contributed by atoms with Crippen molar-refractivity contribution in [1.82, 2.24) is 19.6 Å². The van der Waals surface area contributed by atoms with E-state index in [9.17, 15) is 24.6 Å². The largest absolute Gasteiger partial charge is 0.388 e. The minimum Gasteiger partial charge on any atom is -0.388 e. The molecule has 0 radical (unpaired) electrons. The zero-order valence-electron chi connectivity index (χ0n) is 25.4. The van der Waals surface area contributed by atoms with Crippen LogP contribution in [0.2, 0.25) is 0 Å². The summed E-state index contributed by atoms with van der Waals surface area (Å²) in [5.41, 5.74) is 1.04. The summed E-state index contributed by atoms with van der Waals surface area (Å²) in [5.74, 6) is -0.720. The van der Waals surface area contributed by atoms with Gasteiger partial charge in [0.05, 0.1) is 16.9 Å². The van der Waals surface area contributed by atoms with Gasteiger partial charge in [-0.2, -0.15) is 0 Å². The van der Waals surface area contributed by atoms with E-state index in [4.69, 9.17) is 0 Å². The third-order valence-electron chi connectivity index (χ3n) is 12.7. The van der Waals surface area contributed by atoms with Gasteiger partial charge in [0.15, 0.2) is 14.6 Å². The van der Waals surface area contributed by atoms with Crippen molar-refractivity contribution in [3.05, 3.63) is 77.5 Å². The minimum atomic E-state index is -1.63. The molecule has 10 nitrogen and oxygen atoms in total. The van der Waals surface area contributed by atoms with E-state index in [0.717, 1.165) is 22.4 Å². The second kappa shape index (κ2) is 8.03. The maximum Gasteiger partial charge on any atom is 0.264 e. The molecule has 3 amide bonds. The lowest BCUT2D eigenvalue weighted by Gasteiger charge is -2.61. The van der Waals surface area contributed by atoms with E-state index in [0.29, 0.717) is 12.1 Å². The number of piperazine rings is 2. The van der Waals surface area contributed by atoms with Crippen LogP contribution in [0.25, 0.3) is 0 Å². The van der Waals surface area contributed by atoms with Crippen molar-refractivity contribution < 1.29 is 24.6 Å². The van der Waals surface area contributed by atoms with Gasteiger partial charge in [-0.15, -0.1) is 0 Å². The van der Waals surface area contributed by atoms with Crippen molar-refractivity contribution >= 4 is 66.6 Å². The van der Waals surface area contributed by atoms with Gasteiger partial charge in [0.2, 0.25) is 4.87 Å². The van der Waals surface area contributed by atoms with Crippen molar-refractivity contribution in [3.8, 4) is 0 Å². The predicted octanol–water partition coefficient (Wildman–Crippen LogP) is 2.49. The molecular weight excluding hydrogens is 663 g/mol. The third-order valence-corrected chi connectivity index (χ3v) is 20.1. The Morgan fingerprint density at radius 2 is 1.35 bits per heavy atom. The summed E-state index contributed by atoms with van der Waals surface area (Å²) in [6.45, 7) is 8.15. The molecule has 0 saturated carbocycles. The number of aliphatic hydroxyl groups is 2. The molecule has 46 heavy (non-hydrogen) atoms. The molecule has 2 spiro atoms. The van der Waals surface area contributed by atoms with Gasteiger partial charge in [-0.3, -0.25) is 19.3 Å². The fraction of sp³-hybridized carbons (Fsp3) is 0.469. The van der Waals surface area contributed by atoms with Gasteiger partial charge in [0, 0.05) is 25.5 Å². The van der Waals surface area contributed by atoms with Crippen LogP contribution in [0.1, 0.15) is 30.5 Å². The Bertz CT molecular complexity index is 1760. The smallest absolute Gasteiger partial charge is 0.264 e. The molecule has 14 heteroatoms. The van der Waals surface area contributed by atoms with Crippen LogP contribution in [0.4, 0.5) is 5.69 Å². The Morgan fingerprint density at radius 1 is 0.761 bits per heavy atom. The van der Waals surface area contributed by atoms with E-state index >= 15 is 0 Å². The number of nitrogens with one attached hydrogen (secondary N) is 1. The summed E-state index contributed by atoms with van der Waals surface area (Å²) in [6.07, 6.45) is -3.16.